The molecule has 2 aromatic rings. The highest BCUT2D eigenvalue weighted by Crippen LogP contribution is 2.28. The zero-order valence-corrected chi connectivity index (χ0v) is 12.7. The number of hydrogen-bond acceptors (Lipinski definition) is 4. The van der Waals surface area contributed by atoms with Crippen LogP contribution in [0.3, 0.4) is 0 Å². The molecule has 1 heterocycles. The summed E-state index contributed by atoms with van der Waals surface area (Å²) in [6.45, 7) is 3.71. The standard InChI is InChI=1S/C14H15ClN2O2S/c1-8-13(5-6-19-8)20-9(2)14(18)17-10-3-4-11(15)12(16)7-10/h3-7,9H,16H2,1-2H3,(H,17,18). The number of aryl methyl sites for hydroxylation is 1. The molecule has 0 fully saturated rings. The van der Waals surface area contributed by atoms with Crippen molar-refractivity contribution in [1.82, 2.24) is 0 Å². The summed E-state index contributed by atoms with van der Waals surface area (Å²) < 4.78 is 5.21. The van der Waals surface area contributed by atoms with Crippen molar-refractivity contribution in [2.45, 2.75) is 24.0 Å². The van der Waals surface area contributed by atoms with Gasteiger partial charge in [-0.25, -0.2) is 0 Å². The van der Waals surface area contributed by atoms with Crippen molar-refractivity contribution in [3.8, 4) is 0 Å². The van der Waals surface area contributed by atoms with Crippen LogP contribution in [0.5, 0.6) is 0 Å². The van der Waals surface area contributed by atoms with Crippen LogP contribution in [-0.4, -0.2) is 11.2 Å². The molecule has 0 spiro atoms. The van der Waals surface area contributed by atoms with Gasteiger partial charge in [0.25, 0.3) is 0 Å². The van der Waals surface area contributed by atoms with E-state index in [1.165, 1.54) is 11.8 Å². The average Bonchev–Trinajstić information content (AvgIpc) is 2.79. The number of nitrogens with one attached hydrogen (secondary N) is 1. The summed E-state index contributed by atoms with van der Waals surface area (Å²) in [4.78, 5) is 13.1. The van der Waals surface area contributed by atoms with E-state index in [4.69, 9.17) is 21.8 Å². The van der Waals surface area contributed by atoms with Crippen molar-refractivity contribution < 1.29 is 9.21 Å². The fourth-order valence-corrected chi connectivity index (χ4v) is 2.62. The Bertz CT molecular complexity index is 627. The first-order valence-corrected chi connectivity index (χ1v) is 7.30. The maximum Gasteiger partial charge on any atom is 0.237 e. The van der Waals surface area contributed by atoms with Gasteiger partial charge < -0.3 is 15.5 Å². The summed E-state index contributed by atoms with van der Waals surface area (Å²) in [5.41, 5.74) is 6.77. The number of furan rings is 1. The molecule has 1 amide bonds. The minimum atomic E-state index is -0.247. The maximum atomic E-state index is 12.1. The third kappa shape index (κ3) is 3.49. The van der Waals surface area contributed by atoms with Crippen LogP contribution in [0, 0.1) is 6.92 Å². The monoisotopic (exact) mass is 310 g/mol. The van der Waals surface area contributed by atoms with Crippen LogP contribution in [0.2, 0.25) is 5.02 Å². The lowest BCUT2D eigenvalue weighted by Gasteiger charge is -2.12. The van der Waals surface area contributed by atoms with Crippen molar-refractivity contribution in [1.29, 1.82) is 0 Å². The Kier molecular flexibility index (Phi) is 4.62. The number of amides is 1. The molecule has 1 aromatic carbocycles. The molecule has 0 saturated heterocycles. The first-order chi connectivity index (χ1) is 9.47. The fourth-order valence-electron chi connectivity index (χ4n) is 1.60. The summed E-state index contributed by atoms with van der Waals surface area (Å²) in [6, 6.07) is 6.87. The van der Waals surface area contributed by atoms with Crippen LogP contribution in [0.15, 0.2) is 39.8 Å². The van der Waals surface area contributed by atoms with Gasteiger partial charge in [-0.1, -0.05) is 11.6 Å². The molecular formula is C14H15ClN2O2S. The predicted molar refractivity (Wildman–Crippen MR) is 83.3 cm³/mol. The number of rotatable bonds is 4. The molecule has 3 N–H and O–H groups in total. The summed E-state index contributed by atoms with van der Waals surface area (Å²) in [6.07, 6.45) is 1.61. The molecule has 1 unspecified atom stereocenters. The first kappa shape index (κ1) is 14.8. The summed E-state index contributed by atoms with van der Waals surface area (Å²) in [5.74, 6) is 0.711. The number of benzene rings is 1. The Labute approximate surface area is 126 Å². The number of carbonyl (C=O) groups is 1. The van der Waals surface area contributed by atoms with Crippen LogP contribution in [0.25, 0.3) is 0 Å². The van der Waals surface area contributed by atoms with E-state index in [0.717, 1.165) is 10.7 Å². The van der Waals surface area contributed by atoms with Gasteiger partial charge in [-0.15, -0.1) is 11.8 Å². The topological polar surface area (TPSA) is 68.3 Å². The number of hydrogen-bond donors (Lipinski definition) is 2. The van der Waals surface area contributed by atoms with Gasteiger partial charge >= 0.3 is 0 Å². The Morgan fingerprint density at radius 1 is 1.45 bits per heavy atom. The summed E-state index contributed by atoms with van der Waals surface area (Å²) in [5, 5.41) is 3.04. The highest BCUT2D eigenvalue weighted by atomic mass is 35.5. The Balaban J connectivity index is 2.00. The molecule has 0 aliphatic rings. The van der Waals surface area contributed by atoms with Gasteiger partial charge in [-0.05, 0) is 38.1 Å². The molecule has 0 radical (unpaired) electrons. The number of anilines is 2. The molecule has 0 bridgehead atoms. The second kappa shape index (κ2) is 6.24. The van der Waals surface area contributed by atoms with Crippen molar-refractivity contribution in [2.24, 2.45) is 0 Å². The van der Waals surface area contributed by atoms with Gasteiger partial charge in [0, 0.05) is 10.6 Å². The Morgan fingerprint density at radius 2 is 2.20 bits per heavy atom. The number of halogens is 1. The lowest BCUT2D eigenvalue weighted by Crippen LogP contribution is -2.22. The lowest BCUT2D eigenvalue weighted by atomic mass is 10.2. The highest BCUT2D eigenvalue weighted by Gasteiger charge is 2.16. The van der Waals surface area contributed by atoms with Crippen LogP contribution < -0.4 is 11.1 Å². The van der Waals surface area contributed by atoms with Crippen LogP contribution in [0.1, 0.15) is 12.7 Å². The van der Waals surface area contributed by atoms with Gasteiger partial charge in [0.05, 0.1) is 22.2 Å². The molecule has 4 nitrogen and oxygen atoms in total. The molecule has 106 valence electrons. The minimum Gasteiger partial charge on any atom is -0.468 e. The number of thioether (sulfide) groups is 1. The van der Waals surface area contributed by atoms with Crippen LogP contribution in [-0.2, 0) is 4.79 Å². The molecule has 6 heteroatoms. The molecule has 0 aliphatic heterocycles. The van der Waals surface area contributed by atoms with Gasteiger partial charge in [-0.3, -0.25) is 4.79 Å². The number of nitrogens with two attached hydrogens (primary N) is 1. The van der Waals surface area contributed by atoms with Crippen molar-refractivity contribution in [3.05, 3.63) is 41.3 Å². The van der Waals surface area contributed by atoms with E-state index < -0.39 is 0 Å². The van der Waals surface area contributed by atoms with Gasteiger partial charge in [-0.2, -0.15) is 0 Å². The zero-order valence-electron chi connectivity index (χ0n) is 11.1. The second-order valence-corrected chi connectivity index (χ2v) is 6.12. The predicted octanol–water partition coefficient (Wildman–Crippen LogP) is 3.94. The van der Waals surface area contributed by atoms with Crippen molar-refractivity contribution in [3.63, 3.8) is 0 Å². The third-order valence-electron chi connectivity index (χ3n) is 2.75. The smallest absolute Gasteiger partial charge is 0.237 e. The van der Waals surface area contributed by atoms with Gasteiger partial charge in [0.1, 0.15) is 5.76 Å². The first-order valence-electron chi connectivity index (χ1n) is 6.04. The van der Waals surface area contributed by atoms with Gasteiger partial charge in [0.2, 0.25) is 5.91 Å². The molecule has 2 rings (SSSR count). The van der Waals surface area contributed by atoms with Gasteiger partial charge in [0.15, 0.2) is 0 Å². The van der Waals surface area contributed by atoms with E-state index in [0.29, 0.717) is 16.4 Å². The third-order valence-corrected chi connectivity index (χ3v) is 4.34. The molecule has 1 aromatic heterocycles. The highest BCUT2D eigenvalue weighted by molar-refractivity contribution is 8.00. The van der Waals surface area contributed by atoms with Crippen LogP contribution >= 0.6 is 23.4 Å². The quantitative estimate of drug-likeness (QED) is 0.663. The van der Waals surface area contributed by atoms with E-state index in [1.54, 1.807) is 24.5 Å². The van der Waals surface area contributed by atoms with Crippen LogP contribution in [0.4, 0.5) is 11.4 Å². The molecule has 0 saturated carbocycles. The van der Waals surface area contributed by atoms with E-state index in [1.807, 2.05) is 19.9 Å². The zero-order chi connectivity index (χ0) is 14.7. The van der Waals surface area contributed by atoms with E-state index in [9.17, 15) is 4.79 Å². The normalized spacial score (nSPS) is 12.2. The Hall–Kier alpha value is -1.59. The van der Waals surface area contributed by atoms with Crippen molar-refractivity contribution in [2.75, 3.05) is 11.1 Å². The molecule has 0 aliphatic carbocycles. The SMILES string of the molecule is Cc1occc1SC(C)C(=O)Nc1ccc(Cl)c(N)c1. The number of nitrogen functional groups attached to an aromatic ring is 1. The van der Waals surface area contributed by atoms with E-state index in [-0.39, 0.29) is 11.2 Å². The van der Waals surface area contributed by atoms with E-state index in [2.05, 4.69) is 5.32 Å². The summed E-state index contributed by atoms with van der Waals surface area (Å²) >= 11 is 7.29. The average molecular weight is 311 g/mol. The van der Waals surface area contributed by atoms with E-state index >= 15 is 0 Å². The Morgan fingerprint density at radius 3 is 2.80 bits per heavy atom. The fraction of sp³-hybridized carbons (Fsp3) is 0.214. The van der Waals surface area contributed by atoms with Crippen molar-refractivity contribution >= 4 is 40.6 Å². The number of carbonyl (C=O) groups excluding carboxylic acids is 1. The maximum absolute atomic E-state index is 12.1. The molecule has 1 atom stereocenters. The largest absolute Gasteiger partial charge is 0.468 e. The minimum absolute atomic E-state index is 0.0997. The summed E-state index contributed by atoms with van der Waals surface area (Å²) in [7, 11) is 0. The molecule has 20 heavy (non-hydrogen) atoms. The second-order valence-electron chi connectivity index (χ2n) is 4.33. The lowest BCUT2D eigenvalue weighted by molar-refractivity contribution is -0.115. The molecular weight excluding hydrogens is 296 g/mol.